The summed E-state index contributed by atoms with van der Waals surface area (Å²) < 4.78 is 13.1. The van der Waals surface area contributed by atoms with Gasteiger partial charge in [-0.1, -0.05) is 11.6 Å². The predicted molar refractivity (Wildman–Crippen MR) is 55.2 cm³/mol. The van der Waals surface area contributed by atoms with Crippen molar-refractivity contribution in [1.82, 2.24) is 0 Å². The van der Waals surface area contributed by atoms with Crippen molar-refractivity contribution in [2.24, 2.45) is 0 Å². The summed E-state index contributed by atoms with van der Waals surface area (Å²) in [6.07, 6.45) is 1.10. The molecule has 70 valence electrons. The van der Waals surface area contributed by atoms with E-state index in [-0.39, 0.29) is 10.8 Å². The second kappa shape index (κ2) is 3.76. The number of halogens is 2. The Labute approximate surface area is 85.7 Å². The quantitative estimate of drug-likeness (QED) is 0.715. The van der Waals surface area contributed by atoms with Gasteiger partial charge in [-0.2, -0.15) is 0 Å². The van der Waals surface area contributed by atoms with Crippen LogP contribution in [0.15, 0.2) is 17.0 Å². The lowest BCUT2D eigenvalue weighted by Crippen LogP contribution is -2.00. The summed E-state index contributed by atoms with van der Waals surface area (Å²) in [5.74, 6) is 0.706. The number of hydrogen-bond acceptors (Lipinski definition) is 2. The van der Waals surface area contributed by atoms with Crippen LogP contribution in [0.2, 0.25) is 5.02 Å². The van der Waals surface area contributed by atoms with Crippen LogP contribution in [0.1, 0.15) is 6.42 Å². The molecule has 0 fully saturated rings. The Morgan fingerprint density at radius 2 is 2.31 bits per heavy atom. The molecule has 1 aromatic carbocycles. The van der Waals surface area contributed by atoms with Crippen molar-refractivity contribution in [3.8, 4) is 0 Å². The highest BCUT2D eigenvalue weighted by Gasteiger charge is 2.11. The maximum Gasteiger partial charge on any atom is 0.143 e. The molecule has 0 aromatic heterocycles. The summed E-state index contributed by atoms with van der Waals surface area (Å²) >= 11 is 7.40. The number of nitrogens with one attached hydrogen (secondary N) is 1. The van der Waals surface area contributed by atoms with Gasteiger partial charge in [0.15, 0.2) is 0 Å². The molecule has 0 bridgehead atoms. The van der Waals surface area contributed by atoms with E-state index in [1.165, 1.54) is 6.07 Å². The lowest BCUT2D eigenvalue weighted by atomic mass is 10.3. The fraction of sp³-hybridized carbons (Fsp3) is 0.333. The van der Waals surface area contributed by atoms with Gasteiger partial charge in [-0.15, -0.1) is 11.8 Å². The van der Waals surface area contributed by atoms with Crippen molar-refractivity contribution in [3.63, 3.8) is 0 Å². The van der Waals surface area contributed by atoms with E-state index in [4.69, 9.17) is 11.6 Å². The maximum absolute atomic E-state index is 13.1. The minimum absolute atomic E-state index is 0.204. The minimum atomic E-state index is -0.351. The molecule has 1 aromatic rings. The molecule has 13 heavy (non-hydrogen) atoms. The Kier molecular flexibility index (Phi) is 2.65. The molecule has 0 atom stereocenters. The summed E-state index contributed by atoms with van der Waals surface area (Å²) in [6, 6.07) is 3.16. The van der Waals surface area contributed by atoms with Crippen molar-refractivity contribution < 1.29 is 4.39 Å². The molecular formula is C9H9ClFNS. The fourth-order valence-electron chi connectivity index (χ4n) is 1.26. The van der Waals surface area contributed by atoms with Crippen LogP contribution in [0.25, 0.3) is 0 Å². The molecule has 0 radical (unpaired) electrons. The third-order valence-electron chi connectivity index (χ3n) is 1.92. The van der Waals surface area contributed by atoms with Gasteiger partial charge >= 0.3 is 0 Å². The number of fused-ring (bicyclic) bond motifs is 1. The zero-order valence-electron chi connectivity index (χ0n) is 6.94. The molecule has 1 nitrogen and oxygen atoms in total. The van der Waals surface area contributed by atoms with Crippen LogP contribution in [0, 0.1) is 5.82 Å². The molecule has 1 aliphatic rings. The van der Waals surface area contributed by atoms with Crippen LogP contribution >= 0.6 is 23.4 Å². The van der Waals surface area contributed by atoms with Gasteiger partial charge in [0, 0.05) is 11.4 Å². The summed E-state index contributed by atoms with van der Waals surface area (Å²) in [5, 5.41) is 3.38. The van der Waals surface area contributed by atoms with Crippen LogP contribution in [0.4, 0.5) is 10.1 Å². The molecular weight excluding hydrogens is 209 g/mol. The van der Waals surface area contributed by atoms with Crippen LogP contribution in [-0.2, 0) is 0 Å². The molecule has 4 heteroatoms. The maximum atomic E-state index is 13.1. The lowest BCUT2D eigenvalue weighted by Gasteiger charge is -2.07. The first kappa shape index (κ1) is 9.16. The first-order chi connectivity index (χ1) is 6.27. The molecule has 0 amide bonds. The van der Waals surface area contributed by atoms with E-state index in [0.717, 1.165) is 29.3 Å². The molecule has 0 saturated heterocycles. The average Bonchev–Trinajstić information content (AvgIpc) is 2.31. The number of thioether (sulfide) groups is 1. The first-order valence-corrected chi connectivity index (χ1v) is 5.49. The highest BCUT2D eigenvalue weighted by molar-refractivity contribution is 7.99. The number of hydrogen-bond donors (Lipinski definition) is 1. The lowest BCUT2D eigenvalue weighted by molar-refractivity contribution is 0.627. The summed E-state index contributed by atoms with van der Waals surface area (Å²) in [7, 11) is 0. The van der Waals surface area contributed by atoms with Crippen LogP contribution in [-0.4, -0.2) is 12.3 Å². The van der Waals surface area contributed by atoms with Crippen molar-refractivity contribution in [3.05, 3.63) is 23.0 Å². The van der Waals surface area contributed by atoms with Crippen LogP contribution < -0.4 is 5.32 Å². The molecule has 0 spiro atoms. The average molecular weight is 218 g/mol. The second-order valence-electron chi connectivity index (χ2n) is 2.89. The molecule has 1 heterocycles. The number of anilines is 1. The Balaban J connectivity index is 2.43. The van der Waals surface area contributed by atoms with E-state index >= 15 is 0 Å². The van der Waals surface area contributed by atoms with Crippen molar-refractivity contribution in [2.75, 3.05) is 17.6 Å². The Hall–Kier alpha value is -0.410. The molecule has 0 saturated carbocycles. The number of rotatable bonds is 0. The van der Waals surface area contributed by atoms with Gasteiger partial charge < -0.3 is 5.32 Å². The molecule has 1 aliphatic heterocycles. The molecule has 2 rings (SSSR count). The van der Waals surface area contributed by atoms with E-state index in [9.17, 15) is 4.39 Å². The van der Waals surface area contributed by atoms with Gasteiger partial charge in [0.1, 0.15) is 5.82 Å². The normalized spacial score (nSPS) is 15.8. The number of benzene rings is 1. The van der Waals surface area contributed by atoms with E-state index in [2.05, 4.69) is 5.32 Å². The summed E-state index contributed by atoms with van der Waals surface area (Å²) in [5.41, 5.74) is 0.865. The first-order valence-electron chi connectivity index (χ1n) is 4.13. The minimum Gasteiger partial charge on any atom is -0.384 e. The second-order valence-corrected chi connectivity index (χ2v) is 4.44. The van der Waals surface area contributed by atoms with E-state index in [0.29, 0.717) is 0 Å². The fourth-order valence-corrected chi connectivity index (χ4v) is 2.49. The third kappa shape index (κ3) is 1.92. The van der Waals surface area contributed by atoms with Gasteiger partial charge in [-0.3, -0.25) is 0 Å². The molecule has 0 aliphatic carbocycles. The molecule has 1 N–H and O–H groups in total. The summed E-state index contributed by atoms with van der Waals surface area (Å²) in [4.78, 5) is 1.05. The van der Waals surface area contributed by atoms with E-state index in [1.54, 1.807) is 17.8 Å². The van der Waals surface area contributed by atoms with Gasteiger partial charge in [-0.05, 0) is 24.3 Å². The van der Waals surface area contributed by atoms with Crippen LogP contribution in [0.3, 0.4) is 0 Å². The largest absolute Gasteiger partial charge is 0.384 e. The Morgan fingerprint density at radius 3 is 3.15 bits per heavy atom. The monoisotopic (exact) mass is 217 g/mol. The van der Waals surface area contributed by atoms with Crippen molar-refractivity contribution in [1.29, 1.82) is 0 Å². The zero-order chi connectivity index (χ0) is 9.26. The Bertz CT molecular complexity index is 299. The predicted octanol–water partition coefficient (Wildman–Crippen LogP) is 3.39. The van der Waals surface area contributed by atoms with Gasteiger partial charge in [0.2, 0.25) is 0 Å². The topological polar surface area (TPSA) is 12.0 Å². The zero-order valence-corrected chi connectivity index (χ0v) is 8.51. The standard InChI is InChI=1S/C9H9ClFNS/c10-6-4-9-8(5-7(6)11)12-2-1-3-13-9/h4-5,12H,1-3H2. The van der Waals surface area contributed by atoms with Gasteiger partial charge in [0.25, 0.3) is 0 Å². The summed E-state index contributed by atoms with van der Waals surface area (Å²) in [6.45, 7) is 0.904. The van der Waals surface area contributed by atoms with Crippen molar-refractivity contribution in [2.45, 2.75) is 11.3 Å². The van der Waals surface area contributed by atoms with E-state index < -0.39 is 0 Å². The van der Waals surface area contributed by atoms with Gasteiger partial charge in [-0.25, -0.2) is 4.39 Å². The highest BCUT2D eigenvalue weighted by atomic mass is 35.5. The third-order valence-corrected chi connectivity index (χ3v) is 3.35. The van der Waals surface area contributed by atoms with E-state index in [1.807, 2.05) is 0 Å². The Morgan fingerprint density at radius 1 is 1.46 bits per heavy atom. The van der Waals surface area contributed by atoms with Crippen molar-refractivity contribution >= 4 is 29.1 Å². The SMILES string of the molecule is Fc1cc2c(cc1Cl)SCCCN2. The molecule has 0 unspecified atom stereocenters. The van der Waals surface area contributed by atoms with Crippen LogP contribution in [0.5, 0.6) is 0 Å². The highest BCUT2D eigenvalue weighted by Crippen LogP contribution is 2.34. The smallest absolute Gasteiger partial charge is 0.143 e. The van der Waals surface area contributed by atoms with Gasteiger partial charge in [0.05, 0.1) is 10.7 Å².